The maximum atomic E-state index is 13.1. The van der Waals surface area contributed by atoms with Gasteiger partial charge in [-0.1, -0.05) is 37.6 Å². The van der Waals surface area contributed by atoms with Crippen molar-refractivity contribution in [2.45, 2.75) is 20.4 Å². The lowest BCUT2D eigenvalue weighted by atomic mass is 10.1. The first-order valence-electron chi connectivity index (χ1n) is 10.6. The van der Waals surface area contributed by atoms with E-state index in [-0.39, 0.29) is 17.4 Å². The van der Waals surface area contributed by atoms with Gasteiger partial charge in [-0.3, -0.25) is 23.3 Å². The Balaban J connectivity index is 1.80. The minimum atomic E-state index is -0.419. The van der Waals surface area contributed by atoms with Gasteiger partial charge in [0.2, 0.25) is 11.9 Å². The number of imidazole rings is 1. The lowest BCUT2D eigenvalue weighted by Crippen LogP contribution is -2.50. The number of nitrogens with zero attached hydrogens (tertiary/aromatic N) is 6. The highest BCUT2D eigenvalue weighted by Gasteiger charge is 2.28. The smallest absolute Gasteiger partial charge is 0.332 e. The second-order valence-corrected chi connectivity index (χ2v) is 8.91. The van der Waals surface area contributed by atoms with Crippen LogP contribution in [-0.4, -0.2) is 55.7 Å². The monoisotopic (exact) mass is 458 g/mol. The molecule has 10 heteroatoms. The number of benzene rings is 1. The minimum Gasteiger partial charge on any atom is -0.339 e. The van der Waals surface area contributed by atoms with Gasteiger partial charge in [0.25, 0.3) is 5.56 Å². The van der Waals surface area contributed by atoms with Crippen molar-refractivity contribution >= 4 is 34.6 Å². The summed E-state index contributed by atoms with van der Waals surface area (Å²) in [6.07, 6.45) is 0. The summed E-state index contributed by atoms with van der Waals surface area (Å²) in [7, 11) is 3.09. The first-order valence-corrected chi connectivity index (χ1v) is 11.0. The van der Waals surface area contributed by atoms with Crippen molar-refractivity contribution < 1.29 is 4.79 Å². The fraction of sp³-hybridized carbons (Fsp3) is 0.455. The topological polar surface area (TPSA) is 85.4 Å². The zero-order valence-corrected chi connectivity index (χ0v) is 19.5. The molecule has 1 aliphatic rings. The Hall–Kier alpha value is -3.07. The molecule has 32 heavy (non-hydrogen) atoms. The van der Waals surface area contributed by atoms with Gasteiger partial charge in [0, 0.05) is 51.2 Å². The quantitative estimate of drug-likeness (QED) is 0.590. The molecule has 0 bridgehead atoms. The molecule has 0 atom stereocenters. The van der Waals surface area contributed by atoms with Crippen LogP contribution in [0.25, 0.3) is 11.2 Å². The van der Waals surface area contributed by atoms with E-state index in [9.17, 15) is 14.4 Å². The number of hydrogen-bond acceptors (Lipinski definition) is 5. The molecule has 0 N–H and O–H groups in total. The number of carbonyl (C=O) groups excluding carboxylic acids is 1. The SMILES string of the molecule is CC(C)C(=O)N1CCN(c2nc3c(c(=O)n(C)c(=O)n3C)n2Cc2ccc(Cl)cc2)CC1. The van der Waals surface area contributed by atoms with Gasteiger partial charge in [-0.15, -0.1) is 0 Å². The Morgan fingerprint density at radius 3 is 2.25 bits per heavy atom. The van der Waals surface area contributed by atoms with Crippen molar-refractivity contribution in [3.63, 3.8) is 0 Å². The average Bonchev–Trinajstić information content (AvgIpc) is 3.16. The van der Waals surface area contributed by atoms with E-state index < -0.39 is 5.69 Å². The second-order valence-electron chi connectivity index (χ2n) is 8.47. The van der Waals surface area contributed by atoms with Crippen LogP contribution in [0.2, 0.25) is 5.02 Å². The maximum absolute atomic E-state index is 13.1. The van der Waals surface area contributed by atoms with Crippen molar-refractivity contribution in [3.05, 3.63) is 55.7 Å². The third-order valence-corrected chi connectivity index (χ3v) is 6.20. The summed E-state index contributed by atoms with van der Waals surface area (Å²) in [5, 5.41) is 0.633. The van der Waals surface area contributed by atoms with Crippen LogP contribution < -0.4 is 16.1 Å². The Labute approximate surface area is 190 Å². The Kier molecular flexibility index (Phi) is 5.85. The molecule has 0 aliphatic carbocycles. The molecule has 1 fully saturated rings. The van der Waals surface area contributed by atoms with E-state index >= 15 is 0 Å². The number of piperazine rings is 1. The van der Waals surface area contributed by atoms with Crippen molar-refractivity contribution in [2.24, 2.45) is 20.0 Å². The molecule has 0 radical (unpaired) electrons. The summed E-state index contributed by atoms with van der Waals surface area (Å²) in [5.41, 5.74) is 0.879. The van der Waals surface area contributed by atoms with Gasteiger partial charge in [0.15, 0.2) is 11.2 Å². The molecule has 4 rings (SSSR count). The predicted molar refractivity (Wildman–Crippen MR) is 124 cm³/mol. The molecule has 9 nitrogen and oxygen atoms in total. The summed E-state index contributed by atoms with van der Waals surface area (Å²) in [4.78, 5) is 46.6. The van der Waals surface area contributed by atoms with E-state index in [1.807, 2.05) is 35.4 Å². The van der Waals surface area contributed by atoms with Crippen LogP contribution in [0.15, 0.2) is 33.9 Å². The second kappa shape index (κ2) is 8.46. The first kappa shape index (κ1) is 22.1. The third kappa shape index (κ3) is 3.81. The minimum absolute atomic E-state index is 0.0476. The van der Waals surface area contributed by atoms with E-state index in [0.717, 1.165) is 10.1 Å². The zero-order chi connectivity index (χ0) is 23.2. The number of aryl methyl sites for hydroxylation is 1. The number of anilines is 1. The molecule has 0 saturated carbocycles. The van der Waals surface area contributed by atoms with Crippen LogP contribution in [0.1, 0.15) is 19.4 Å². The number of carbonyl (C=O) groups is 1. The molecular formula is C22H27ClN6O3. The van der Waals surface area contributed by atoms with Gasteiger partial charge in [-0.05, 0) is 17.7 Å². The normalized spacial score (nSPS) is 14.6. The summed E-state index contributed by atoms with van der Waals surface area (Å²) in [6.45, 7) is 6.55. The Morgan fingerprint density at radius 1 is 1.03 bits per heavy atom. The van der Waals surface area contributed by atoms with Gasteiger partial charge in [0.1, 0.15) is 0 Å². The lowest BCUT2D eigenvalue weighted by Gasteiger charge is -2.36. The summed E-state index contributed by atoms with van der Waals surface area (Å²) in [5.74, 6) is 0.703. The summed E-state index contributed by atoms with van der Waals surface area (Å²) >= 11 is 6.04. The summed E-state index contributed by atoms with van der Waals surface area (Å²) < 4.78 is 4.36. The van der Waals surface area contributed by atoms with Crippen LogP contribution in [0.5, 0.6) is 0 Å². The predicted octanol–water partition coefficient (Wildman–Crippen LogP) is 1.44. The van der Waals surface area contributed by atoms with Crippen LogP contribution in [0.4, 0.5) is 5.95 Å². The van der Waals surface area contributed by atoms with E-state index in [0.29, 0.717) is 54.9 Å². The Bertz CT molecular complexity index is 1280. The molecule has 0 unspecified atom stereocenters. The molecule has 1 aromatic carbocycles. The van der Waals surface area contributed by atoms with Crippen molar-refractivity contribution in [1.82, 2.24) is 23.6 Å². The number of hydrogen-bond donors (Lipinski definition) is 0. The van der Waals surface area contributed by atoms with Gasteiger partial charge < -0.3 is 9.80 Å². The zero-order valence-electron chi connectivity index (χ0n) is 18.7. The number of amides is 1. The summed E-state index contributed by atoms with van der Waals surface area (Å²) in [6, 6.07) is 7.42. The molecule has 3 aromatic rings. The van der Waals surface area contributed by atoms with Crippen LogP contribution >= 0.6 is 11.6 Å². The van der Waals surface area contributed by atoms with Crippen LogP contribution in [0.3, 0.4) is 0 Å². The van der Waals surface area contributed by atoms with E-state index in [1.54, 1.807) is 19.2 Å². The third-order valence-electron chi connectivity index (χ3n) is 5.95. The fourth-order valence-electron chi connectivity index (χ4n) is 4.09. The highest BCUT2D eigenvalue weighted by atomic mass is 35.5. The lowest BCUT2D eigenvalue weighted by molar-refractivity contribution is -0.134. The average molecular weight is 459 g/mol. The Morgan fingerprint density at radius 2 is 1.66 bits per heavy atom. The highest BCUT2D eigenvalue weighted by molar-refractivity contribution is 6.30. The van der Waals surface area contributed by atoms with E-state index in [1.165, 1.54) is 11.6 Å². The molecule has 3 heterocycles. The number of halogens is 1. The number of rotatable bonds is 4. The standard InChI is InChI=1S/C22H27ClN6O3/c1-14(2)19(30)27-9-11-28(12-10-27)21-24-18-17(20(31)26(4)22(32)25(18)3)29(21)13-15-5-7-16(23)8-6-15/h5-8,14H,9-13H2,1-4H3. The molecular weight excluding hydrogens is 432 g/mol. The van der Waals surface area contributed by atoms with E-state index in [2.05, 4.69) is 4.90 Å². The highest BCUT2D eigenvalue weighted by Crippen LogP contribution is 2.23. The fourth-order valence-corrected chi connectivity index (χ4v) is 4.22. The molecule has 2 aromatic heterocycles. The number of aromatic nitrogens is 4. The van der Waals surface area contributed by atoms with Gasteiger partial charge >= 0.3 is 5.69 Å². The van der Waals surface area contributed by atoms with Crippen LogP contribution in [-0.2, 0) is 25.4 Å². The van der Waals surface area contributed by atoms with Crippen LogP contribution in [0, 0.1) is 5.92 Å². The molecule has 1 amide bonds. The van der Waals surface area contributed by atoms with Gasteiger partial charge in [0.05, 0.1) is 6.54 Å². The van der Waals surface area contributed by atoms with Crippen molar-refractivity contribution in [1.29, 1.82) is 0 Å². The van der Waals surface area contributed by atoms with Gasteiger partial charge in [-0.25, -0.2) is 4.79 Å². The number of fused-ring (bicyclic) bond motifs is 1. The van der Waals surface area contributed by atoms with Crippen molar-refractivity contribution in [2.75, 3.05) is 31.1 Å². The molecule has 170 valence electrons. The molecule has 1 saturated heterocycles. The largest absolute Gasteiger partial charge is 0.339 e. The van der Waals surface area contributed by atoms with Crippen molar-refractivity contribution in [3.8, 4) is 0 Å². The first-order chi connectivity index (χ1) is 15.2. The molecule has 0 spiro atoms. The van der Waals surface area contributed by atoms with E-state index in [4.69, 9.17) is 16.6 Å². The van der Waals surface area contributed by atoms with Gasteiger partial charge in [-0.2, -0.15) is 4.98 Å². The maximum Gasteiger partial charge on any atom is 0.332 e. The molecule has 1 aliphatic heterocycles.